The van der Waals surface area contributed by atoms with Crippen molar-refractivity contribution in [1.29, 1.82) is 0 Å². The quantitative estimate of drug-likeness (QED) is 0.631. The van der Waals surface area contributed by atoms with Crippen molar-refractivity contribution in [2.45, 2.75) is 37.1 Å². The maximum absolute atomic E-state index is 11.6. The van der Waals surface area contributed by atoms with Gasteiger partial charge in [0, 0.05) is 5.75 Å². The molecule has 0 aromatic carbocycles. The van der Waals surface area contributed by atoms with Gasteiger partial charge in [-0.05, 0) is 6.42 Å². The first-order chi connectivity index (χ1) is 5.45. The Balaban J connectivity index is 3.31. The van der Waals surface area contributed by atoms with E-state index in [0.29, 0.717) is 0 Å². The normalized spacial score (nSPS) is 14.8. The number of alkyl halides is 4. The summed E-state index contributed by atoms with van der Waals surface area (Å²) in [6.45, 7) is 1.96. The zero-order valence-electron chi connectivity index (χ0n) is 6.83. The Morgan fingerprint density at radius 1 is 1.42 bits per heavy atom. The van der Waals surface area contributed by atoms with Crippen molar-refractivity contribution in [3.05, 3.63) is 0 Å². The molecule has 0 rings (SSSR count). The second-order valence-electron chi connectivity index (χ2n) is 2.43. The van der Waals surface area contributed by atoms with E-state index in [-0.39, 0.29) is 10.5 Å². The van der Waals surface area contributed by atoms with Crippen LogP contribution in [0.2, 0.25) is 0 Å². The lowest BCUT2D eigenvalue weighted by Crippen LogP contribution is -2.09. The highest BCUT2D eigenvalue weighted by Crippen LogP contribution is 2.26. The lowest BCUT2D eigenvalue weighted by atomic mass is 10.4. The first-order valence-corrected chi connectivity index (χ1v) is 5.26. The molecule has 74 valence electrons. The zero-order chi connectivity index (χ0) is 9.61. The molecule has 0 saturated carbocycles. The fourth-order valence-electron chi connectivity index (χ4n) is 0.613. The van der Waals surface area contributed by atoms with E-state index in [1.54, 1.807) is 0 Å². The molecule has 0 aromatic heterocycles. The second kappa shape index (κ2) is 5.97. The van der Waals surface area contributed by atoms with Gasteiger partial charge >= 0.3 is 6.18 Å². The molecular weight excluding hydrogens is 209 g/mol. The summed E-state index contributed by atoms with van der Waals surface area (Å²) in [7, 11) is 0. The van der Waals surface area contributed by atoms with Crippen molar-refractivity contribution >= 4 is 23.4 Å². The van der Waals surface area contributed by atoms with Crippen LogP contribution in [0.3, 0.4) is 0 Å². The van der Waals surface area contributed by atoms with E-state index < -0.39 is 12.6 Å². The summed E-state index contributed by atoms with van der Waals surface area (Å²) < 4.78 is 34.7. The summed E-state index contributed by atoms with van der Waals surface area (Å²) in [6, 6.07) is 0. The molecule has 0 amide bonds. The van der Waals surface area contributed by atoms with E-state index in [1.165, 1.54) is 11.8 Å². The summed E-state index contributed by atoms with van der Waals surface area (Å²) in [4.78, 5) is 0. The van der Waals surface area contributed by atoms with Crippen molar-refractivity contribution in [3.63, 3.8) is 0 Å². The number of thioether (sulfide) groups is 1. The Hall–Kier alpha value is 0.430. The van der Waals surface area contributed by atoms with E-state index in [9.17, 15) is 13.2 Å². The Bertz CT molecular complexity index is 116. The van der Waals surface area contributed by atoms with Crippen molar-refractivity contribution in [2.24, 2.45) is 0 Å². The van der Waals surface area contributed by atoms with Gasteiger partial charge in [-0.2, -0.15) is 13.2 Å². The van der Waals surface area contributed by atoms with E-state index in [4.69, 9.17) is 11.6 Å². The average molecular weight is 221 g/mol. The molecule has 12 heavy (non-hydrogen) atoms. The average Bonchev–Trinajstić information content (AvgIpc) is 1.84. The largest absolute Gasteiger partial charge is 0.389 e. The predicted octanol–water partition coefficient (Wildman–Crippen LogP) is 4.04. The molecule has 0 aliphatic carbocycles. The molecule has 5 heteroatoms. The maximum atomic E-state index is 11.6. The molecule has 0 aliphatic heterocycles. The van der Waals surface area contributed by atoms with Gasteiger partial charge in [0.1, 0.15) is 0 Å². The fraction of sp³-hybridized carbons (Fsp3) is 1.00. The van der Waals surface area contributed by atoms with Crippen LogP contribution in [0.25, 0.3) is 0 Å². The van der Waals surface area contributed by atoms with Crippen LogP contribution in [0.4, 0.5) is 13.2 Å². The molecule has 0 bridgehead atoms. The Morgan fingerprint density at radius 3 is 2.42 bits per heavy atom. The van der Waals surface area contributed by atoms with Crippen LogP contribution < -0.4 is 0 Å². The van der Waals surface area contributed by atoms with Crippen LogP contribution in [0.15, 0.2) is 0 Å². The van der Waals surface area contributed by atoms with Crippen LogP contribution in [0.5, 0.6) is 0 Å². The van der Waals surface area contributed by atoms with E-state index in [1.807, 2.05) is 6.92 Å². The Kier molecular flexibility index (Phi) is 6.19. The maximum Gasteiger partial charge on any atom is 0.389 e. The van der Waals surface area contributed by atoms with Crippen LogP contribution in [-0.2, 0) is 0 Å². The first kappa shape index (κ1) is 12.4. The highest BCUT2D eigenvalue weighted by atomic mass is 35.5. The summed E-state index contributed by atoms with van der Waals surface area (Å²) in [5, 5.41) is 0. The minimum absolute atomic E-state index is 0.0671. The topological polar surface area (TPSA) is 0 Å². The highest BCUT2D eigenvalue weighted by molar-refractivity contribution is 8.01. The SMILES string of the molecule is CCCC(Cl)SCCC(F)(F)F. The molecule has 1 unspecified atom stereocenters. The van der Waals surface area contributed by atoms with Gasteiger partial charge in [0.25, 0.3) is 0 Å². The molecular formula is C7H12ClF3S. The fourth-order valence-corrected chi connectivity index (χ4v) is 2.11. The highest BCUT2D eigenvalue weighted by Gasteiger charge is 2.26. The Morgan fingerprint density at radius 2 is 2.00 bits per heavy atom. The monoisotopic (exact) mass is 220 g/mol. The molecule has 0 radical (unpaired) electrons. The third-order valence-electron chi connectivity index (χ3n) is 1.20. The van der Waals surface area contributed by atoms with Crippen molar-refractivity contribution < 1.29 is 13.2 Å². The third-order valence-corrected chi connectivity index (χ3v) is 2.83. The lowest BCUT2D eigenvalue weighted by Gasteiger charge is -2.08. The van der Waals surface area contributed by atoms with Gasteiger partial charge in [0.2, 0.25) is 0 Å². The van der Waals surface area contributed by atoms with E-state index in [2.05, 4.69) is 0 Å². The summed E-state index contributed by atoms with van der Waals surface area (Å²) in [5.41, 5.74) is 0. The van der Waals surface area contributed by atoms with Crippen molar-refractivity contribution in [2.75, 3.05) is 5.75 Å². The van der Waals surface area contributed by atoms with Crippen molar-refractivity contribution in [1.82, 2.24) is 0 Å². The molecule has 0 heterocycles. The van der Waals surface area contributed by atoms with Gasteiger partial charge in [-0.3, -0.25) is 0 Å². The second-order valence-corrected chi connectivity index (χ2v) is 4.53. The summed E-state index contributed by atoms with van der Waals surface area (Å²) in [6.07, 6.45) is -3.11. The molecule has 0 nitrogen and oxygen atoms in total. The molecule has 1 atom stereocenters. The van der Waals surface area contributed by atoms with E-state index in [0.717, 1.165) is 12.8 Å². The Labute approximate surface area is 79.9 Å². The molecule has 0 aromatic rings. The van der Waals surface area contributed by atoms with Gasteiger partial charge in [-0.25, -0.2) is 0 Å². The van der Waals surface area contributed by atoms with Gasteiger partial charge < -0.3 is 0 Å². The van der Waals surface area contributed by atoms with Crippen LogP contribution in [0, 0.1) is 0 Å². The molecule has 0 saturated heterocycles. The standard InChI is InChI=1S/C7H12ClF3S/c1-2-3-6(8)12-5-4-7(9,10)11/h6H,2-5H2,1H3. The van der Waals surface area contributed by atoms with Gasteiger partial charge in [-0.15, -0.1) is 23.4 Å². The summed E-state index contributed by atoms with van der Waals surface area (Å²) in [5.74, 6) is 0.0671. The number of hydrogen-bond donors (Lipinski definition) is 0. The number of hydrogen-bond acceptors (Lipinski definition) is 1. The lowest BCUT2D eigenvalue weighted by molar-refractivity contribution is -0.129. The molecule has 0 N–H and O–H groups in total. The first-order valence-electron chi connectivity index (χ1n) is 3.78. The van der Waals surface area contributed by atoms with Crippen LogP contribution in [0.1, 0.15) is 26.2 Å². The van der Waals surface area contributed by atoms with Gasteiger partial charge in [0.05, 0.1) is 11.1 Å². The van der Waals surface area contributed by atoms with Gasteiger partial charge in [0.15, 0.2) is 0 Å². The number of halogens is 4. The number of rotatable bonds is 5. The van der Waals surface area contributed by atoms with E-state index >= 15 is 0 Å². The predicted molar refractivity (Wildman–Crippen MR) is 47.7 cm³/mol. The zero-order valence-corrected chi connectivity index (χ0v) is 8.40. The van der Waals surface area contributed by atoms with Crippen LogP contribution in [-0.4, -0.2) is 16.6 Å². The minimum Gasteiger partial charge on any atom is -0.171 e. The van der Waals surface area contributed by atoms with Crippen LogP contribution >= 0.6 is 23.4 Å². The smallest absolute Gasteiger partial charge is 0.171 e. The van der Waals surface area contributed by atoms with Crippen molar-refractivity contribution in [3.8, 4) is 0 Å². The molecule has 0 spiro atoms. The minimum atomic E-state index is -4.05. The third kappa shape index (κ3) is 8.53. The summed E-state index contributed by atoms with van der Waals surface area (Å²) >= 11 is 6.88. The molecule has 0 aliphatic rings. The van der Waals surface area contributed by atoms with Gasteiger partial charge in [-0.1, -0.05) is 13.3 Å². The molecule has 0 fully saturated rings.